The average molecular weight is 223 g/mol. The lowest BCUT2D eigenvalue weighted by atomic mass is 9.99. The molecular weight excluding hydrogens is 202 g/mol. The van der Waals surface area contributed by atoms with Gasteiger partial charge in [0, 0.05) is 12.7 Å². The molecule has 0 amide bonds. The molecule has 0 fully saturated rings. The summed E-state index contributed by atoms with van der Waals surface area (Å²) in [5.41, 5.74) is -0.280. The Morgan fingerprint density at radius 1 is 1.44 bits per heavy atom. The van der Waals surface area contributed by atoms with E-state index in [1.165, 1.54) is 18.9 Å². The van der Waals surface area contributed by atoms with Gasteiger partial charge in [0.25, 0.3) is 5.56 Å². The zero-order chi connectivity index (χ0) is 12.0. The first-order valence-corrected chi connectivity index (χ1v) is 6.07. The number of rotatable bonds is 6. The molecule has 1 N–H and O–H groups in total. The third-order valence-corrected chi connectivity index (χ3v) is 3.00. The minimum atomic E-state index is -0.280. The molecule has 16 heavy (non-hydrogen) atoms. The van der Waals surface area contributed by atoms with Crippen molar-refractivity contribution in [3.8, 4) is 5.75 Å². The molecule has 1 aromatic rings. The molecule has 0 radical (unpaired) electrons. The lowest BCUT2D eigenvalue weighted by molar-refractivity contribution is 0.377. The second-order valence-electron chi connectivity index (χ2n) is 4.27. The van der Waals surface area contributed by atoms with E-state index in [0.717, 1.165) is 12.8 Å². The quantitative estimate of drug-likeness (QED) is 0.805. The Bertz CT molecular complexity index is 370. The van der Waals surface area contributed by atoms with E-state index >= 15 is 0 Å². The highest BCUT2D eigenvalue weighted by molar-refractivity contribution is 5.14. The highest BCUT2D eigenvalue weighted by Crippen LogP contribution is 2.14. The Hall–Kier alpha value is -1.25. The van der Waals surface area contributed by atoms with Gasteiger partial charge in [-0.15, -0.1) is 0 Å². The van der Waals surface area contributed by atoms with Crippen molar-refractivity contribution in [1.82, 2.24) is 4.57 Å². The third-order valence-electron chi connectivity index (χ3n) is 3.00. The Morgan fingerprint density at radius 2 is 2.19 bits per heavy atom. The summed E-state index contributed by atoms with van der Waals surface area (Å²) in [6.45, 7) is 5.03. The van der Waals surface area contributed by atoms with Crippen molar-refractivity contribution >= 4 is 0 Å². The largest absolute Gasteiger partial charge is 0.503 e. The van der Waals surface area contributed by atoms with Crippen LogP contribution < -0.4 is 5.56 Å². The smallest absolute Gasteiger partial charge is 0.292 e. The van der Waals surface area contributed by atoms with Crippen LogP contribution in [0.15, 0.2) is 23.1 Å². The van der Waals surface area contributed by atoms with E-state index in [1.54, 1.807) is 16.8 Å². The predicted octanol–water partition coefficient (Wildman–Crippen LogP) is 2.77. The fraction of sp³-hybridized carbons (Fsp3) is 0.615. The Kier molecular flexibility index (Phi) is 5.09. The van der Waals surface area contributed by atoms with Crippen LogP contribution in [0.25, 0.3) is 0 Å². The van der Waals surface area contributed by atoms with E-state index in [0.29, 0.717) is 12.5 Å². The van der Waals surface area contributed by atoms with Crippen LogP contribution in [0, 0.1) is 5.92 Å². The van der Waals surface area contributed by atoms with Gasteiger partial charge >= 0.3 is 0 Å². The number of nitrogens with zero attached hydrogens (tertiary/aromatic N) is 1. The van der Waals surface area contributed by atoms with Gasteiger partial charge in [-0.1, -0.05) is 33.1 Å². The monoisotopic (exact) mass is 223 g/mol. The van der Waals surface area contributed by atoms with Gasteiger partial charge in [-0.05, 0) is 24.5 Å². The summed E-state index contributed by atoms with van der Waals surface area (Å²) in [5, 5.41) is 9.33. The van der Waals surface area contributed by atoms with Gasteiger partial charge in [-0.25, -0.2) is 0 Å². The fourth-order valence-electron chi connectivity index (χ4n) is 1.86. The molecule has 3 heteroatoms. The Morgan fingerprint density at radius 3 is 2.81 bits per heavy atom. The molecule has 90 valence electrons. The van der Waals surface area contributed by atoms with Gasteiger partial charge in [0.1, 0.15) is 0 Å². The number of hydrogen-bond acceptors (Lipinski definition) is 2. The maximum atomic E-state index is 11.6. The van der Waals surface area contributed by atoms with Gasteiger partial charge in [0.15, 0.2) is 5.75 Å². The van der Waals surface area contributed by atoms with Gasteiger partial charge in [0.2, 0.25) is 0 Å². The van der Waals surface area contributed by atoms with Crippen LogP contribution in [-0.4, -0.2) is 9.67 Å². The van der Waals surface area contributed by atoms with Gasteiger partial charge in [0.05, 0.1) is 0 Å². The van der Waals surface area contributed by atoms with Crippen molar-refractivity contribution in [2.24, 2.45) is 5.92 Å². The van der Waals surface area contributed by atoms with Crippen LogP contribution in [0.5, 0.6) is 5.75 Å². The molecule has 1 rings (SSSR count). The summed E-state index contributed by atoms with van der Waals surface area (Å²) < 4.78 is 1.61. The van der Waals surface area contributed by atoms with E-state index in [9.17, 15) is 9.90 Å². The van der Waals surface area contributed by atoms with Crippen molar-refractivity contribution in [2.45, 2.75) is 46.1 Å². The van der Waals surface area contributed by atoms with Crippen LogP contribution in [0.4, 0.5) is 0 Å². The maximum Gasteiger partial charge on any atom is 0.292 e. The second-order valence-corrected chi connectivity index (χ2v) is 4.27. The number of pyridine rings is 1. The summed E-state index contributed by atoms with van der Waals surface area (Å²) in [4.78, 5) is 11.6. The van der Waals surface area contributed by atoms with E-state index in [-0.39, 0.29) is 11.3 Å². The average Bonchev–Trinajstić information content (AvgIpc) is 2.30. The normalized spacial score (nSPS) is 12.6. The van der Waals surface area contributed by atoms with Crippen LogP contribution in [-0.2, 0) is 6.54 Å². The van der Waals surface area contributed by atoms with Crippen molar-refractivity contribution in [3.63, 3.8) is 0 Å². The first-order valence-electron chi connectivity index (χ1n) is 6.07. The fourth-order valence-corrected chi connectivity index (χ4v) is 1.86. The molecule has 0 saturated heterocycles. The molecule has 0 aliphatic rings. The van der Waals surface area contributed by atoms with Crippen molar-refractivity contribution in [1.29, 1.82) is 0 Å². The molecule has 0 spiro atoms. The highest BCUT2D eigenvalue weighted by atomic mass is 16.3. The maximum absolute atomic E-state index is 11.6. The summed E-state index contributed by atoms with van der Waals surface area (Å²) in [6, 6.07) is 3.15. The molecule has 3 nitrogen and oxygen atoms in total. The lowest BCUT2D eigenvalue weighted by Gasteiger charge is -2.15. The number of aromatic nitrogens is 1. The van der Waals surface area contributed by atoms with Crippen LogP contribution in [0.2, 0.25) is 0 Å². The van der Waals surface area contributed by atoms with Crippen LogP contribution >= 0.6 is 0 Å². The molecule has 1 heterocycles. The number of unbranched alkanes of at least 4 members (excludes halogenated alkanes) is 1. The SMILES string of the molecule is CCCCC(CC)Cn1cccc(O)c1=O. The molecule has 1 aromatic heterocycles. The van der Waals surface area contributed by atoms with Crippen molar-refractivity contribution < 1.29 is 5.11 Å². The Labute approximate surface area is 96.7 Å². The molecular formula is C13H21NO2. The number of hydrogen-bond donors (Lipinski definition) is 1. The van der Waals surface area contributed by atoms with Gasteiger partial charge in [-0.3, -0.25) is 4.79 Å². The summed E-state index contributed by atoms with van der Waals surface area (Å²) in [5.74, 6) is 0.368. The van der Waals surface area contributed by atoms with Gasteiger partial charge in [-0.2, -0.15) is 0 Å². The third kappa shape index (κ3) is 3.40. The molecule has 0 aromatic carbocycles. The van der Waals surface area contributed by atoms with E-state index in [2.05, 4.69) is 13.8 Å². The first-order chi connectivity index (χ1) is 7.69. The Balaban J connectivity index is 2.70. The summed E-state index contributed by atoms with van der Waals surface area (Å²) in [7, 11) is 0. The molecule has 1 atom stereocenters. The minimum Gasteiger partial charge on any atom is -0.503 e. The van der Waals surface area contributed by atoms with Gasteiger partial charge < -0.3 is 9.67 Å². The van der Waals surface area contributed by atoms with E-state index in [4.69, 9.17) is 0 Å². The highest BCUT2D eigenvalue weighted by Gasteiger charge is 2.08. The lowest BCUT2D eigenvalue weighted by Crippen LogP contribution is -2.22. The molecule has 0 aliphatic heterocycles. The number of aromatic hydroxyl groups is 1. The standard InChI is InChI=1S/C13H21NO2/c1-3-5-7-11(4-2)10-14-9-6-8-12(15)13(14)16/h6,8-9,11,15H,3-5,7,10H2,1-2H3. The van der Waals surface area contributed by atoms with Crippen molar-refractivity contribution in [3.05, 3.63) is 28.7 Å². The zero-order valence-corrected chi connectivity index (χ0v) is 10.1. The van der Waals surface area contributed by atoms with Crippen LogP contribution in [0.1, 0.15) is 39.5 Å². The summed E-state index contributed by atoms with van der Waals surface area (Å²) >= 11 is 0. The second kappa shape index (κ2) is 6.36. The van der Waals surface area contributed by atoms with E-state index < -0.39 is 0 Å². The first kappa shape index (κ1) is 12.8. The minimum absolute atomic E-state index is 0.159. The summed E-state index contributed by atoms with van der Waals surface area (Å²) in [6.07, 6.45) is 6.35. The molecule has 0 aliphatic carbocycles. The molecule has 0 saturated carbocycles. The van der Waals surface area contributed by atoms with Crippen LogP contribution in [0.3, 0.4) is 0 Å². The zero-order valence-electron chi connectivity index (χ0n) is 10.1. The predicted molar refractivity (Wildman–Crippen MR) is 65.7 cm³/mol. The van der Waals surface area contributed by atoms with Crippen molar-refractivity contribution in [2.75, 3.05) is 0 Å². The topological polar surface area (TPSA) is 42.2 Å². The van der Waals surface area contributed by atoms with E-state index in [1.807, 2.05) is 0 Å². The molecule has 1 unspecified atom stereocenters. The molecule has 0 bridgehead atoms.